The van der Waals surface area contributed by atoms with Gasteiger partial charge in [0.2, 0.25) is 0 Å². The number of piperazine rings is 1. The second-order valence-electron chi connectivity index (χ2n) is 9.24. The molecule has 6 rings (SSSR count). The summed E-state index contributed by atoms with van der Waals surface area (Å²) in [6, 6.07) is 12.2. The Morgan fingerprint density at radius 2 is 1.60 bits per heavy atom. The minimum Gasteiger partial charge on any atom is -0.369 e. The highest BCUT2D eigenvalue weighted by molar-refractivity contribution is 8.18. The lowest BCUT2D eigenvalue weighted by molar-refractivity contribution is -0.113. The number of hydrogen-bond acceptors (Lipinski definition) is 8. The first-order chi connectivity index (χ1) is 17.1. The van der Waals surface area contributed by atoms with Gasteiger partial charge < -0.3 is 14.7 Å². The van der Waals surface area contributed by atoms with Gasteiger partial charge in [-0.3, -0.25) is 4.79 Å². The largest absolute Gasteiger partial charge is 0.369 e. The van der Waals surface area contributed by atoms with Gasteiger partial charge in [0, 0.05) is 45.0 Å². The van der Waals surface area contributed by atoms with Gasteiger partial charge in [0.25, 0.3) is 5.91 Å². The first-order valence-electron chi connectivity index (χ1n) is 12.2. The normalized spacial score (nSPS) is 20.8. The van der Waals surface area contributed by atoms with E-state index in [9.17, 15) is 4.79 Å². The second-order valence-corrected chi connectivity index (χ2v) is 10.3. The number of benzene rings is 1. The fraction of sp³-hybridized carbons (Fsp3) is 0.400. The summed E-state index contributed by atoms with van der Waals surface area (Å²) >= 11 is 1.45. The molecule has 180 valence electrons. The molecule has 2 aromatic heterocycles. The predicted molar refractivity (Wildman–Crippen MR) is 140 cm³/mol. The van der Waals surface area contributed by atoms with Gasteiger partial charge in [0.05, 0.1) is 16.3 Å². The van der Waals surface area contributed by atoms with E-state index in [-0.39, 0.29) is 5.91 Å². The van der Waals surface area contributed by atoms with Gasteiger partial charge in [-0.1, -0.05) is 5.21 Å². The van der Waals surface area contributed by atoms with Crippen LogP contribution >= 0.6 is 11.8 Å². The molecule has 1 amide bonds. The molecule has 0 N–H and O–H groups in total. The third-order valence-corrected chi connectivity index (χ3v) is 7.84. The van der Waals surface area contributed by atoms with Crippen molar-refractivity contribution in [3.63, 3.8) is 0 Å². The van der Waals surface area contributed by atoms with Crippen LogP contribution in [0.4, 0.5) is 5.69 Å². The van der Waals surface area contributed by atoms with Crippen molar-refractivity contribution in [3.8, 4) is 5.69 Å². The van der Waals surface area contributed by atoms with E-state index in [1.165, 1.54) is 23.9 Å². The lowest BCUT2D eigenvalue weighted by Gasteiger charge is -2.34. The van der Waals surface area contributed by atoms with E-state index in [1.807, 2.05) is 18.2 Å². The molecule has 2 saturated heterocycles. The van der Waals surface area contributed by atoms with E-state index in [0.29, 0.717) is 21.8 Å². The van der Waals surface area contributed by atoms with Crippen molar-refractivity contribution in [2.75, 3.05) is 51.2 Å². The van der Waals surface area contributed by atoms with Crippen LogP contribution in [0.2, 0.25) is 0 Å². The number of hydrogen-bond donors (Lipinski definition) is 0. The highest BCUT2D eigenvalue weighted by Gasteiger charge is 2.27. The van der Waals surface area contributed by atoms with Crippen LogP contribution in [0.3, 0.4) is 0 Å². The molecule has 10 heteroatoms. The third-order valence-electron chi connectivity index (χ3n) is 6.80. The summed E-state index contributed by atoms with van der Waals surface area (Å²) < 4.78 is 1.75. The van der Waals surface area contributed by atoms with Crippen molar-refractivity contribution >= 4 is 45.8 Å². The van der Waals surface area contributed by atoms with E-state index in [1.54, 1.807) is 4.68 Å². The first-order valence-corrected chi connectivity index (χ1v) is 13.0. The molecule has 0 spiro atoms. The van der Waals surface area contributed by atoms with Crippen molar-refractivity contribution in [2.24, 2.45) is 4.99 Å². The van der Waals surface area contributed by atoms with Gasteiger partial charge in [-0.25, -0.2) is 4.98 Å². The Bertz CT molecular complexity index is 1300. The number of amidine groups is 1. The number of amides is 1. The molecule has 2 fully saturated rings. The molecule has 0 radical (unpaired) electrons. The smallest absolute Gasteiger partial charge is 0.286 e. The number of aliphatic imine (C=N–C) groups is 1. The average molecular weight is 489 g/mol. The van der Waals surface area contributed by atoms with Gasteiger partial charge in [0.15, 0.2) is 10.8 Å². The number of carbonyl (C=O) groups is 1. The predicted octanol–water partition coefficient (Wildman–Crippen LogP) is 3.02. The number of anilines is 1. The van der Waals surface area contributed by atoms with Crippen molar-refractivity contribution < 1.29 is 4.79 Å². The fourth-order valence-corrected chi connectivity index (χ4v) is 5.65. The number of aromatic nitrogens is 4. The molecule has 5 heterocycles. The van der Waals surface area contributed by atoms with E-state index in [4.69, 9.17) is 4.98 Å². The maximum absolute atomic E-state index is 12.5. The number of pyridine rings is 1. The molecular formula is C25H28N8OS. The molecule has 0 atom stereocenters. The topological polar surface area (TPSA) is 82.8 Å². The van der Waals surface area contributed by atoms with Crippen LogP contribution in [0.25, 0.3) is 22.9 Å². The highest BCUT2D eigenvalue weighted by atomic mass is 32.2. The molecule has 3 aliphatic heterocycles. The summed E-state index contributed by atoms with van der Waals surface area (Å²) in [4.78, 5) is 29.2. The van der Waals surface area contributed by atoms with Gasteiger partial charge in [0.1, 0.15) is 5.52 Å². The molecule has 0 aliphatic carbocycles. The quantitative estimate of drug-likeness (QED) is 0.521. The van der Waals surface area contributed by atoms with Crippen LogP contribution in [0.15, 0.2) is 46.3 Å². The van der Waals surface area contributed by atoms with E-state index < -0.39 is 0 Å². The number of carbonyl (C=O) groups excluding carboxylic acids is 1. The second kappa shape index (κ2) is 9.43. The zero-order valence-corrected chi connectivity index (χ0v) is 20.6. The molecule has 3 aliphatic rings. The molecule has 0 saturated carbocycles. The third kappa shape index (κ3) is 4.55. The number of likely N-dealkylation sites (tertiary alicyclic amines) is 1. The highest BCUT2D eigenvalue weighted by Crippen LogP contribution is 2.31. The maximum atomic E-state index is 12.5. The van der Waals surface area contributed by atoms with Crippen molar-refractivity contribution in [3.05, 3.63) is 47.0 Å². The molecular weight excluding hydrogens is 460 g/mol. The molecule has 3 aromatic rings. The molecule has 0 unspecified atom stereocenters. The minimum absolute atomic E-state index is 0.191. The molecule has 9 nitrogen and oxygen atoms in total. The van der Waals surface area contributed by atoms with E-state index in [0.717, 1.165) is 63.0 Å². The Hall–Kier alpha value is -3.24. The SMILES string of the molecule is CN1CCN(c2ccc(-n3nnc4ccc(C=C5SC(N6CCCCC6)=NC5=O)nc43)cc2)CC1. The van der Waals surface area contributed by atoms with Gasteiger partial charge >= 0.3 is 0 Å². The van der Waals surface area contributed by atoms with Gasteiger partial charge in [-0.05, 0) is 80.5 Å². The Morgan fingerprint density at radius 1 is 0.857 bits per heavy atom. The van der Waals surface area contributed by atoms with Gasteiger partial charge in [-0.2, -0.15) is 9.67 Å². The van der Waals surface area contributed by atoms with Crippen LogP contribution in [0, 0.1) is 0 Å². The van der Waals surface area contributed by atoms with Crippen LogP contribution in [-0.2, 0) is 4.79 Å². The van der Waals surface area contributed by atoms with Gasteiger partial charge in [-0.15, -0.1) is 5.10 Å². The standard InChI is InChI=1S/C25H28N8OS/c1-30-13-15-31(16-14-30)19-6-8-20(9-7-19)33-23-21(28-29-33)10-5-18(26-23)17-22-24(34)27-25(35-22)32-11-3-2-4-12-32/h5-10,17H,2-4,11-16H2,1H3. The summed E-state index contributed by atoms with van der Waals surface area (Å²) in [6.45, 7) is 6.14. The van der Waals surface area contributed by atoms with Crippen LogP contribution in [-0.4, -0.2) is 87.2 Å². The summed E-state index contributed by atoms with van der Waals surface area (Å²) in [7, 11) is 2.16. The first kappa shape index (κ1) is 22.2. The summed E-state index contributed by atoms with van der Waals surface area (Å²) in [5, 5.41) is 9.44. The van der Waals surface area contributed by atoms with Crippen LogP contribution in [0.5, 0.6) is 0 Å². The summed E-state index contributed by atoms with van der Waals surface area (Å²) in [5.41, 5.74) is 4.20. The molecule has 1 aromatic carbocycles. The molecule has 35 heavy (non-hydrogen) atoms. The Balaban J connectivity index is 1.23. The van der Waals surface area contributed by atoms with E-state index in [2.05, 4.69) is 61.3 Å². The lowest BCUT2D eigenvalue weighted by atomic mass is 10.1. The van der Waals surface area contributed by atoms with E-state index >= 15 is 0 Å². The number of piperidine rings is 1. The number of nitrogens with zero attached hydrogens (tertiary/aromatic N) is 8. The number of fused-ring (bicyclic) bond motifs is 1. The molecule has 0 bridgehead atoms. The monoisotopic (exact) mass is 488 g/mol. The van der Waals surface area contributed by atoms with Crippen molar-refractivity contribution in [1.29, 1.82) is 0 Å². The van der Waals surface area contributed by atoms with Crippen molar-refractivity contribution in [2.45, 2.75) is 19.3 Å². The zero-order valence-electron chi connectivity index (χ0n) is 19.8. The maximum Gasteiger partial charge on any atom is 0.286 e. The average Bonchev–Trinajstić information content (AvgIpc) is 3.48. The Kier molecular flexibility index (Phi) is 5.99. The zero-order chi connectivity index (χ0) is 23.8. The summed E-state index contributed by atoms with van der Waals surface area (Å²) in [5.74, 6) is -0.191. The summed E-state index contributed by atoms with van der Waals surface area (Å²) in [6.07, 6.45) is 5.37. The van der Waals surface area contributed by atoms with Crippen LogP contribution in [0.1, 0.15) is 25.0 Å². The van der Waals surface area contributed by atoms with Crippen molar-refractivity contribution in [1.82, 2.24) is 29.8 Å². The minimum atomic E-state index is -0.191. The lowest BCUT2D eigenvalue weighted by Crippen LogP contribution is -2.44. The number of rotatable bonds is 3. The fourth-order valence-electron chi connectivity index (χ4n) is 4.70. The van der Waals surface area contributed by atoms with Crippen LogP contribution < -0.4 is 4.90 Å². The Labute approximate surface area is 208 Å². The number of likely N-dealkylation sites (N-methyl/N-ethyl adjacent to an activating group) is 1. The number of thioether (sulfide) groups is 1. The Morgan fingerprint density at radius 3 is 2.37 bits per heavy atom.